The van der Waals surface area contributed by atoms with Gasteiger partial charge in [-0.1, -0.05) is 0 Å². The molecule has 0 aliphatic rings. The van der Waals surface area contributed by atoms with E-state index in [1.54, 1.807) is 0 Å². The normalized spacial score (nSPS) is 0. The Bertz CT molecular complexity index is 3.61. The summed E-state index contributed by atoms with van der Waals surface area (Å²) in [7, 11) is 0. The van der Waals surface area contributed by atoms with Crippen molar-refractivity contribution >= 4 is 13.5 Å². The van der Waals surface area contributed by atoms with E-state index in [2.05, 4.69) is 0 Å². The van der Waals surface area contributed by atoms with Crippen molar-refractivity contribution < 1.29 is 206 Å². The molecule has 0 aromatic rings. The topological polar surface area (TPSA) is 0 Å². The molecular weight excluding hydrogens is 188 g/mol. The summed E-state index contributed by atoms with van der Waals surface area (Å²) in [5.74, 6) is 0. The van der Waals surface area contributed by atoms with Crippen molar-refractivity contribution in [3.05, 3.63) is 0 Å². The third kappa shape index (κ3) is 18.1. The molecule has 8 valence electrons. The van der Waals surface area contributed by atoms with Gasteiger partial charge in [-0.15, -0.1) is 0 Å². The summed E-state index contributed by atoms with van der Waals surface area (Å²) >= 11 is 0. The zero-order chi connectivity index (χ0) is 0. The van der Waals surface area contributed by atoms with Gasteiger partial charge in [0.1, 0.15) is 0 Å². The fraction of sp³-hybridized carbons (Fsp3) is 0. The zero-order valence-electron chi connectivity index (χ0n) is 4.45. The minimum absolute atomic E-state index is 0. The molecule has 5 heteroatoms. The smallest absolute Gasteiger partial charge is 0.813 e. The molecule has 0 aromatic carbocycles. The summed E-state index contributed by atoms with van der Waals surface area (Å²) in [6, 6.07) is 0. The Hall–Kier alpha value is 6.90. The largest absolute Gasteiger partial charge is 1.00 e. The molecule has 0 aromatic heterocycles. The van der Waals surface area contributed by atoms with Crippen LogP contribution in [-0.2, 0) is 13.5 Å². The van der Waals surface area contributed by atoms with Crippen LogP contribution in [0.15, 0.2) is 0 Å². The predicted molar refractivity (Wildman–Crippen MR) is 8.76 cm³/mol. The molecule has 0 fully saturated rings. The van der Waals surface area contributed by atoms with Crippen LogP contribution in [0, 0.1) is 0 Å². The molecule has 0 bridgehead atoms. The molecule has 0 rings (SSSR count). The van der Waals surface area contributed by atoms with Gasteiger partial charge in [0.2, 0.25) is 0 Å². The van der Waals surface area contributed by atoms with Crippen LogP contribution in [0.5, 0.6) is 0 Å². The third-order valence-corrected chi connectivity index (χ3v) is 0. The predicted octanol–water partition coefficient (Wildman–Crippen LogP) is -12.3. The average molecular weight is 189 g/mol. The summed E-state index contributed by atoms with van der Waals surface area (Å²) in [6.45, 7) is 0. The Balaban J connectivity index is 0. The van der Waals surface area contributed by atoms with Crippen LogP contribution in [-0.4, -0.2) is 0 Å². The van der Waals surface area contributed by atoms with Crippen molar-refractivity contribution in [3.8, 4) is 0 Å². The minimum Gasteiger partial charge on any atom is -0.813 e. The van der Waals surface area contributed by atoms with Crippen molar-refractivity contribution in [1.29, 1.82) is 0 Å². The summed E-state index contributed by atoms with van der Waals surface area (Å²) in [5, 5.41) is 0. The van der Waals surface area contributed by atoms with Gasteiger partial charge in [0.15, 0.2) is 0 Å². The molecule has 0 aliphatic carbocycles. The summed E-state index contributed by atoms with van der Waals surface area (Å²) in [4.78, 5) is 0. The molecule has 0 N–H and O–H groups in total. The maximum absolute atomic E-state index is 0. The van der Waals surface area contributed by atoms with E-state index in [1.165, 1.54) is 0 Å². The van der Waals surface area contributed by atoms with Gasteiger partial charge in [-0.3, -0.25) is 0 Å². The monoisotopic (exact) mass is 189 g/mol. The number of thiol groups is 1. The fourth-order valence-electron chi connectivity index (χ4n) is 0. The average Bonchev–Trinajstić information content (AvgIpc) is 0. The van der Waals surface area contributed by atoms with Crippen molar-refractivity contribution in [2.24, 2.45) is 0 Å². The van der Waals surface area contributed by atoms with Crippen LogP contribution in [0.25, 0.3) is 0 Å². The van der Waals surface area contributed by atoms with Crippen LogP contribution < -0.4 is 206 Å². The molecular formula is HK4S+3. The van der Waals surface area contributed by atoms with E-state index in [1.807, 2.05) is 0 Å². The van der Waals surface area contributed by atoms with Gasteiger partial charge >= 0.3 is 206 Å². The van der Waals surface area contributed by atoms with E-state index in [9.17, 15) is 0 Å². The second kappa shape index (κ2) is 22.4. The first-order valence-electron chi connectivity index (χ1n) is 0. The summed E-state index contributed by atoms with van der Waals surface area (Å²) in [6.07, 6.45) is 0. The van der Waals surface area contributed by atoms with Gasteiger partial charge < -0.3 is 13.5 Å². The van der Waals surface area contributed by atoms with Crippen LogP contribution in [0.3, 0.4) is 0 Å². The molecule has 0 aliphatic heterocycles. The minimum atomic E-state index is 0. The Labute approximate surface area is 210 Å². The quantitative estimate of drug-likeness (QED) is 0.207. The van der Waals surface area contributed by atoms with Crippen LogP contribution in [0.2, 0.25) is 0 Å². The van der Waals surface area contributed by atoms with Crippen LogP contribution in [0.1, 0.15) is 0 Å². The SMILES string of the molecule is [K+].[K+].[K+].[K+].[SH-]. The van der Waals surface area contributed by atoms with Crippen molar-refractivity contribution in [1.82, 2.24) is 0 Å². The fourth-order valence-corrected chi connectivity index (χ4v) is 0. The number of hydrogen-bond acceptors (Lipinski definition) is 1. The van der Waals surface area contributed by atoms with Gasteiger partial charge in [-0.2, -0.15) is 0 Å². The van der Waals surface area contributed by atoms with Crippen molar-refractivity contribution in [3.63, 3.8) is 0 Å². The second-order valence-electron chi connectivity index (χ2n) is 0. The number of rotatable bonds is 0. The Kier molecular flexibility index (Phi) is 133. The molecule has 0 radical (unpaired) electrons. The Morgan fingerprint density at radius 3 is 0.400 bits per heavy atom. The molecule has 0 unspecified atom stereocenters. The van der Waals surface area contributed by atoms with E-state index in [0.717, 1.165) is 0 Å². The Morgan fingerprint density at radius 1 is 0.400 bits per heavy atom. The summed E-state index contributed by atoms with van der Waals surface area (Å²) in [5.41, 5.74) is 0. The first-order valence-corrected chi connectivity index (χ1v) is 0. The molecule has 0 atom stereocenters. The van der Waals surface area contributed by atoms with E-state index >= 15 is 0 Å². The van der Waals surface area contributed by atoms with Gasteiger partial charge in [0.05, 0.1) is 0 Å². The van der Waals surface area contributed by atoms with Crippen LogP contribution in [0.4, 0.5) is 0 Å². The standard InChI is InChI=1S/4K.H2S/h;;;;1H2/q4*+1;/p-1. The van der Waals surface area contributed by atoms with E-state index in [4.69, 9.17) is 0 Å². The maximum Gasteiger partial charge on any atom is 1.00 e. The summed E-state index contributed by atoms with van der Waals surface area (Å²) < 4.78 is 0. The molecule has 0 heterocycles. The van der Waals surface area contributed by atoms with E-state index < -0.39 is 0 Å². The second-order valence-corrected chi connectivity index (χ2v) is 0. The molecule has 0 saturated carbocycles. The van der Waals surface area contributed by atoms with Crippen molar-refractivity contribution in [2.45, 2.75) is 0 Å². The molecule has 0 spiro atoms. The molecule has 0 nitrogen and oxygen atoms in total. The first-order chi connectivity index (χ1) is 0. The van der Waals surface area contributed by atoms with E-state index in [-0.39, 0.29) is 219 Å². The number of hydrogen-bond donors (Lipinski definition) is 0. The van der Waals surface area contributed by atoms with Gasteiger partial charge in [0, 0.05) is 0 Å². The Morgan fingerprint density at radius 2 is 0.400 bits per heavy atom. The third-order valence-electron chi connectivity index (χ3n) is 0. The first kappa shape index (κ1) is 29.7. The molecule has 5 heavy (non-hydrogen) atoms. The van der Waals surface area contributed by atoms with Crippen molar-refractivity contribution in [2.75, 3.05) is 0 Å². The van der Waals surface area contributed by atoms with Gasteiger partial charge in [-0.05, 0) is 0 Å². The van der Waals surface area contributed by atoms with E-state index in [0.29, 0.717) is 0 Å². The van der Waals surface area contributed by atoms with Gasteiger partial charge in [0.25, 0.3) is 0 Å². The molecule has 0 amide bonds. The maximum atomic E-state index is 0. The molecule has 0 saturated heterocycles. The van der Waals surface area contributed by atoms with Crippen LogP contribution >= 0.6 is 0 Å². The van der Waals surface area contributed by atoms with Gasteiger partial charge in [-0.25, -0.2) is 0 Å². The zero-order valence-corrected chi connectivity index (χ0v) is 17.8.